The molecule has 1 N–H and O–H groups in total. The number of aryl methyl sites for hydroxylation is 1. The van der Waals surface area contributed by atoms with Crippen molar-refractivity contribution in [3.8, 4) is 5.75 Å². The zero-order valence-corrected chi connectivity index (χ0v) is 11.4. The van der Waals surface area contributed by atoms with Gasteiger partial charge in [-0.3, -0.25) is 0 Å². The molecule has 0 saturated carbocycles. The zero-order valence-electron chi connectivity index (χ0n) is 11.4. The van der Waals surface area contributed by atoms with Crippen molar-refractivity contribution in [2.75, 3.05) is 26.9 Å². The third-order valence-corrected chi connectivity index (χ3v) is 3.81. The fourth-order valence-electron chi connectivity index (χ4n) is 2.82. The van der Waals surface area contributed by atoms with Crippen molar-refractivity contribution in [3.05, 3.63) is 29.3 Å². The SMILES string of the molecule is CNC(CC1OCCO1)c1cccc2c1OCCC2. The van der Waals surface area contributed by atoms with Crippen LogP contribution in [-0.2, 0) is 15.9 Å². The van der Waals surface area contributed by atoms with Crippen LogP contribution < -0.4 is 10.1 Å². The van der Waals surface area contributed by atoms with E-state index in [0.29, 0.717) is 13.2 Å². The Bertz CT molecular complexity index is 429. The van der Waals surface area contributed by atoms with Crippen molar-refractivity contribution in [2.45, 2.75) is 31.6 Å². The van der Waals surface area contributed by atoms with Crippen LogP contribution in [0.1, 0.15) is 30.0 Å². The second-order valence-electron chi connectivity index (χ2n) is 5.04. The monoisotopic (exact) mass is 263 g/mol. The summed E-state index contributed by atoms with van der Waals surface area (Å²) in [6.45, 7) is 2.21. The summed E-state index contributed by atoms with van der Waals surface area (Å²) in [5.74, 6) is 1.06. The minimum atomic E-state index is -0.100. The molecule has 0 amide bonds. The highest BCUT2D eigenvalue weighted by atomic mass is 16.7. The Morgan fingerprint density at radius 3 is 2.89 bits per heavy atom. The van der Waals surface area contributed by atoms with Gasteiger partial charge in [-0.25, -0.2) is 0 Å². The molecule has 1 unspecified atom stereocenters. The lowest BCUT2D eigenvalue weighted by Crippen LogP contribution is -2.24. The summed E-state index contributed by atoms with van der Waals surface area (Å²) in [6, 6.07) is 6.62. The molecule has 2 aliphatic heterocycles. The number of fused-ring (bicyclic) bond motifs is 1. The van der Waals surface area contributed by atoms with Crippen molar-refractivity contribution < 1.29 is 14.2 Å². The van der Waals surface area contributed by atoms with E-state index in [4.69, 9.17) is 14.2 Å². The first-order valence-electron chi connectivity index (χ1n) is 7.03. The second kappa shape index (κ2) is 5.90. The van der Waals surface area contributed by atoms with Gasteiger partial charge in [0.25, 0.3) is 0 Å². The Hall–Kier alpha value is -1.10. The number of hydrogen-bond donors (Lipinski definition) is 1. The highest BCUT2D eigenvalue weighted by molar-refractivity contribution is 5.44. The van der Waals surface area contributed by atoms with Crippen LogP contribution in [0.15, 0.2) is 18.2 Å². The number of hydrogen-bond acceptors (Lipinski definition) is 4. The third kappa shape index (κ3) is 2.76. The zero-order chi connectivity index (χ0) is 13.1. The van der Waals surface area contributed by atoms with E-state index in [1.54, 1.807) is 0 Å². The maximum absolute atomic E-state index is 5.88. The summed E-state index contributed by atoms with van der Waals surface area (Å²) < 4.78 is 17.0. The van der Waals surface area contributed by atoms with Crippen LogP contribution in [0.2, 0.25) is 0 Å². The van der Waals surface area contributed by atoms with Crippen LogP contribution in [0.5, 0.6) is 5.75 Å². The molecule has 0 radical (unpaired) electrons. The van der Waals surface area contributed by atoms with Crippen LogP contribution >= 0.6 is 0 Å². The van der Waals surface area contributed by atoms with Crippen molar-refractivity contribution in [3.63, 3.8) is 0 Å². The molecule has 1 aromatic rings. The van der Waals surface area contributed by atoms with Gasteiger partial charge in [0.05, 0.1) is 19.8 Å². The van der Waals surface area contributed by atoms with Gasteiger partial charge in [0.1, 0.15) is 5.75 Å². The lowest BCUT2D eigenvalue weighted by atomic mass is 9.96. The molecule has 0 aromatic heterocycles. The summed E-state index contributed by atoms with van der Waals surface area (Å²) in [5, 5.41) is 3.36. The van der Waals surface area contributed by atoms with Crippen LogP contribution in [0.3, 0.4) is 0 Å². The fourth-order valence-corrected chi connectivity index (χ4v) is 2.82. The molecule has 2 heterocycles. The number of nitrogens with one attached hydrogen (secondary N) is 1. The highest BCUT2D eigenvalue weighted by Gasteiger charge is 2.25. The van der Waals surface area contributed by atoms with E-state index in [2.05, 4.69) is 23.5 Å². The molecule has 0 aliphatic carbocycles. The van der Waals surface area contributed by atoms with Gasteiger partial charge in [-0.1, -0.05) is 18.2 Å². The minimum Gasteiger partial charge on any atom is -0.493 e. The largest absolute Gasteiger partial charge is 0.493 e. The molecule has 0 bridgehead atoms. The first-order chi connectivity index (χ1) is 9.38. The first kappa shape index (κ1) is 12.9. The molecule has 0 spiro atoms. The average molecular weight is 263 g/mol. The summed E-state index contributed by atoms with van der Waals surface area (Å²) in [6.07, 6.45) is 2.93. The molecule has 19 heavy (non-hydrogen) atoms. The van der Waals surface area contributed by atoms with Gasteiger partial charge in [-0.05, 0) is 25.5 Å². The maximum atomic E-state index is 5.88. The van der Waals surface area contributed by atoms with Gasteiger partial charge in [0, 0.05) is 18.0 Å². The molecule has 4 nitrogen and oxygen atoms in total. The quantitative estimate of drug-likeness (QED) is 0.902. The summed E-state index contributed by atoms with van der Waals surface area (Å²) in [5.41, 5.74) is 2.54. The number of rotatable bonds is 4. The van der Waals surface area contributed by atoms with E-state index >= 15 is 0 Å². The van der Waals surface area contributed by atoms with Gasteiger partial charge in [-0.2, -0.15) is 0 Å². The predicted molar refractivity (Wildman–Crippen MR) is 72.4 cm³/mol. The Morgan fingerprint density at radius 1 is 1.26 bits per heavy atom. The number of ether oxygens (including phenoxy) is 3. The van der Waals surface area contributed by atoms with E-state index in [1.165, 1.54) is 11.1 Å². The molecule has 1 fully saturated rings. The molecule has 1 saturated heterocycles. The van der Waals surface area contributed by atoms with E-state index < -0.39 is 0 Å². The normalized spacial score (nSPS) is 20.9. The molecule has 1 atom stereocenters. The fraction of sp³-hybridized carbons (Fsp3) is 0.600. The smallest absolute Gasteiger partial charge is 0.159 e. The van der Waals surface area contributed by atoms with Gasteiger partial charge in [-0.15, -0.1) is 0 Å². The second-order valence-corrected chi connectivity index (χ2v) is 5.04. The lowest BCUT2D eigenvalue weighted by molar-refractivity contribution is -0.0527. The molecule has 104 valence electrons. The average Bonchev–Trinajstić information content (AvgIpc) is 2.97. The third-order valence-electron chi connectivity index (χ3n) is 3.81. The van der Waals surface area contributed by atoms with Crippen LogP contribution in [-0.4, -0.2) is 33.2 Å². The van der Waals surface area contributed by atoms with Crippen LogP contribution in [0, 0.1) is 0 Å². The predicted octanol–water partition coefficient (Wildman–Crippen LogP) is 2.04. The van der Waals surface area contributed by atoms with Gasteiger partial charge in [0.15, 0.2) is 6.29 Å². The van der Waals surface area contributed by atoms with E-state index in [9.17, 15) is 0 Å². The molecular formula is C15H21NO3. The Labute approximate surface area is 114 Å². The van der Waals surface area contributed by atoms with Gasteiger partial charge < -0.3 is 19.5 Å². The van der Waals surface area contributed by atoms with E-state index in [-0.39, 0.29) is 12.3 Å². The standard InChI is InChI=1S/C15H21NO3/c1-16-13(10-14-17-8-9-18-14)12-6-2-4-11-5-3-7-19-15(11)12/h2,4,6,13-14,16H,3,5,7-10H2,1H3. The van der Waals surface area contributed by atoms with Crippen molar-refractivity contribution in [2.24, 2.45) is 0 Å². The van der Waals surface area contributed by atoms with E-state index in [1.807, 2.05) is 7.05 Å². The Balaban J connectivity index is 1.81. The van der Waals surface area contributed by atoms with E-state index in [0.717, 1.165) is 31.6 Å². The first-order valence-corrected chi connectivity index (χ1v) is 7.03. The lowest BCUT2D eigenvalue weighted by Gasteiger charge is -2.26. The number of benzene rings is 1. The van der Waals surface area contributed by atoms with Crippen LogP contribution in [0.25, 0.3) is 0 Å². The van der Waals surface area contributed by atoms with Gasteiger partial charge >= 0.3 is 0 Å². The van der Waals surface area contributed by atoms with Crippen molar-refractivity contribution in [1.82, 2.24) is 5.32 Å². The highest BCUT2D eigenvalue weighted by Crippen LogP contribution is 2.35. The number of para-hydroxylation sites is 1. The molecule has 4 heteroatoms. The summed E-state index contributed by atoms with van der Waals surface area (Å²) in [4.78, 5) is 0. The maximum Gasteiger partial charge on any atom is 0.159 e. The summed E-state index contributed by atoms with van der Waals surface area (Å²) >= 11 is 0. The molecule has 2 aliphatic rings. The minimum absolute atomic E-state index is 0.100. The Morgan fingerprint density at radius 2 is 2.11 bits per heavy atom. The topological polar surface area (TPSA) is 39.7 Å². The summed E-state index contributed by atoms with van der Waals surface area (Å²) in [7, 11) is 1.97. The molecule has 3 rings (SSSR count). The van der Waals surface area contributed by atoms with Crippen molar-refractivity contribution in [1.29, 1.82) is 0 Å². The van der Waals surface area contributed by atoms with Crippen molar-refractivity contribution >= 4 is 0 Å². The Kier molecular flexibility index (Phi) is 4.01. The molecule has 1 aromatic carbocycles. The molecular weight excluding hydrogens is 242 g/mol. The van der Waals surface area contributed by atoms with Gasteiger partial charge in [0.2, 0.25) is 0 Å². The van der Waals surface area contributed by atoms with Crippen LogP contribution in [0.4, 0.5) is 0 Å².